The summed E-state index contributed by atoms with van der Waals surface area (Å²) in [6.45, 7) is 4.01. The third kappa shape index (κ3) is 1.52. The Hall–Kier alpha value is -1.31. The first kappa shape index (κ1) is 9.25. The summed E-state index contributed by atoms with van der Waals surface area (Å²) in [4.78, 5) is 11.7. The summed E-state index contributed by atoms with van der Waals surface area (Å²) in [5.74, 6) is 0.944. The van der Waals surface area contributed by atoms with Crippen LogP contribution in [0.5, 0.6) is 5.75 Å². The van der Waals surface area contributed by atoms with Crippen molar-refractivity contribution in [3.8, 4) is 5.75 Å². The molecule has 1 atom stereocenters. The summed E-state index contributed by atoms with van der Waals surface area (Å²) in [7, 11) is 0. The predicted molar refractivity (Wildman–Crippen MR) is 54.9 cm³/mol. The first-order valence-corrected chi connectivity index (χ1v) is 5.03. The van der Waals surface area contributed by atoms with Crippen molar-refractivity contribution in [3.63, 3.8) is 0 Å². The lowest BCUT2D eigenvalue weighted by Crippen LogP contribution is -2.23. The number of hydrogen-bond acceptors (Lipinski definition) is 2. The largest absolute Gasteiger partial charge is 0.489 e. The molecule has 0 spiro atoms. The molecule has 0 unspecified atom stereocenters. The van der Waals surface area contributed by atoms with Crippen molar-refractivity contribution in [1.82, 2.24) is 0 Å². The molecule has 0 bridgehead atoms. The minimum absolute atomic E-state index is 0.0162. The fraction of sp³-hybridized carbons (Fsp3) is 0.417. The Kier molecular flexibility index (Phi) is 2.28. The van der Waals surface area contributed by atoms with Crippen LogP contribution >= 0.6 is 0 Å². The number of carbonyl (C=O) groups excluding carboxylic acids is 1. The molecule has 1 aliphatic rings. The average Bonchev–Trinajstić information content (AvgIpc) is 2.17. The number of rotatable bonds is 1. The third-order valence-corrected chi connectivity index (χ3v) is 2.55. The van der Waals surface area contributed by atoms with Crippen LogP contribution in [0.1, 0.15) is 36.2 Å². The summed E-state index contributed by atoms with van der Waals surface area (Å²) >= 11 is 0. The number of ketones is 1. The van der Waals surface area contributed by atoms with Crippen LogP contribution in [-0.4, -0.2) is 11.9 Å². The molecular weight excluding hydrogens is 176 g/mol. The summed E-state index contributed by atoms with van der Waals surface area (Å²) in [5, 5.41) is 0. The molecule has 0 saturated heterocycles. The lowest BCUT2D eigenvalue weighted by atomic mass is 9.98. The average molecular weight is 190 g/mol. The van der Waals surface area contributed by atoms with Crippen LogP contribution in [0.4, 0.5) is 0 Å². The Morgan fingerprint density at radius 1 is 1.50 bits per heavy atom. The van der Waals surface area contributed by atoms with E-state index in [1.807, 2.05) is 25.1 Å². The van der Waals surface area contributed by atoms with Gasteiger partial charge in [-0.15, -0.1) is 0 Å². The number of carbonyl (C=O) groups is 1. The van der Waals surface area contributed by atoms with E-state index in [-0.39, 0.29) is 11.9 Å². The smallest absolute Gasteiger partial charge is 0.170 e. The number of benzene rings is 1. The van der Waals surface area contributed by atoms with Crippen molar-refractivity contribution < 1.29 is 9.53 Å². The van der Waals surface area contributed by atoms with Crippen LogP contribution in [0.25, 0.3) is 0 Å². The van der Waals surface area contributed by atoms with Crippen molar-refractivity contribution in [3.05, 3.63) is 29.3 Å². The summed E-state index contributed by atoms with van der Waals surface area (Å²) in [6.07, 6.45) is 1.47. The van der Waals surface area contributed by atoms with Crippen LogP contribution in [0.3, 0.4) is 0 Å². The van der Waals surface area contributed by atoms with Gasteiger partial charge in [0.15, 0.2) is 5.78 Å². The molecule has 1 aliphatic heterocycles. The number of aryl methyl sites for hydroxylation is 1. The Labute approximate surface area is 83.9 Å². The van der Waals surface area contributed by atoms with E-state index in [0.29, 0.717) is 6.42 Å². The van der Waals surface area contributed by atoms with E-state index < -0.39 is 0 Å². The van der Waals surface area contributed by atoms with E-state index in [9.17, 15) is 4.79 Å². The monoisotopic (exact) mass is 190 g/mol. The maximum atomic E-state index is 11.7. The number of ether oxygens (including phenoxy) is 1. The molecule has 0 N–H and O–H groups in total. The van der Waals surface area contributed by atoms with Gasteiger partial charge < -0.3 is 4.74 Å². The molecule has 14 heavy (non-hydrogen) atoms. The quantitative estimate of drug-likeness (QED) is 0.680. The highest BCUT2D eigenvalue weighted by atomic mass is 16.5. The SMILES string of the molecule is CCc1ccc2c(c1)C(=O)C[C@@H](C)O2. The molecule has 2 nitrogen and oxygen atoms in total. The first-order chi connectivity index (χ1) is 6.70. The van der Waals surface area contributed by atoms with Gasteiger partial charge in [-0.25, -0.2) is 0 Å². The van der Waals surface area contributed by atoms with Crippen LogP contribution < -0.4 is 4.74 Å². The van der Waals surface area contributed by atoms with Gasteiger partial charge in [0.25, 0.3) is 0 Å². The minimum atomic E-state index is 0.0162. The third-order valence-electron chi connectivity index (χ3n) is 2.55. The van der Waals surface area contributed by atoms with Gasteiger partial charge in [-0.05, 0) is 31.0 Å². The van der Waals surface area contributed by atoms with Crippen LogP contribution in [0.15, 0.2) is 18.2 Å². The van der Waals surface area contributed by atoms with Crippen molar-refractivity contribution in [2.45, 2.75) is 32.8 Å². The highest BCUT2D eigenvalue weighted by Crippen LogP contribution is 2.28. The zero-order chi connectivity index (χ0) is 10.1. The van der Waals surface area contributed by atoms with E-state index in [1.54, 1.807) is 0 Å². The van der Waals surface area contributed by atoms with E-state index in [0.717, 1.165) is 17.7 Å². The maximum Gasteiger partial charge on any atom is 0.170 e. The minimum Gasteiger partial charge on any atom is -0.489 e. The fourth-order valence-electron chi connectivity index (χ4n) is 1.75. The highest BCUT2D eigenvalue weighted by molar-refractivity contribution is 6.00. The molecule has 2 heteroatoms. The Balaban J connectivity index is 2.44. The van der Waals surface area contributed by atoms with Gasteiger partial charge in [0.2, 0.25) is 0 Å². The molecule has 0 amide bonds. The fourth-order valence-corrected chi connectivity index (χ4v) is 1.75. The molecule has 0 radical (unpaired) electrons. The van der Waals surface area contributed by atoms with Gasteiger partial charge >= 0.3 is 0 Å². The summed E-state index contributed by atoms with van der Waals surface area (Å²) in [5.41, 5.74) is 1.94. The maximum absolute atomic E-state index is 11.7. The molecule has 1 heterocycles. The second-order valence-corrected chi connectivity index (χ2v) is 3.74. The van der Waals surface area contributed by atoms with E-state index in [2.05, 4.69) is 6.92 Å². The van der Waals surface area contributed by atoms with Crippen molar-refractivity contribution in [1.29, 1.82) is 0 Å². The Morgan fingerprint density at radius 3 is 3.00 bits per heavy atom. The zero-order valence-electron chi connectivity index (χ0n) is 8.54. The lowest BCUT2D eigenvalue weighted by Gasteiger charge is -2.22. The first-order valence-electron chi connectivity index (χ1n) is 5.03. The van der Waals surface area contributed by atoms with Gasteiger partial charge in [-0.2, -0.15) is 0 Å². The molecule has 2 rings (SSSR count). The Bertz CT molecular complexity index is 369. The van der Waals surface area contributed by atoms with Crippen LogP contribution in [0.2, 0.25) is 0 Å². The number of hydrogen-bond donors (Lipinski definition) is 0. The highest BCUT2D eigenvalue weighted by Gasteiger charge is 2.23. The number of fused-ring (bicyclic) bond motifs is 1. The molecule has 0 aromatic heterocycles. The van der Waals surface area contributed by atoms with Gasteiger partial charge in [-0.1, -0.05) is 13.0 Å². The summed E-state index contributed by atoms with van der Waals surface area (Å²) < 4.78 is 5.58. The second-order valence-electron chi connectivity index (χ2n) is 3.74. The van der Waals surface area contributed by atoms with Gasteiger partial charge in [0, 0.05) is 6.42 Å². The molecule has 74 valence electrons. The lowest BCUT2D eigenvalue weighted by molar-refractivity contribution is 0.0871. The van der Waals surface area contributed by atoms with Gasteiger partial charge in [-0.3, -0.25) is 4.79 Å². The normalized spacial score (nSPS) is 20.1. The topological polar surface area (TPSA) is 26.3 Å². The van der Waals surface area contributed by atoms with Crippen molar-refractivity contribution in [2.24, 2.45) is 0 Å². The predicted octanol–water partition coefficient (Wildman–Crippen LogP) is 2.60. The molecule has 0 fully saturated rings. The molecule has 0 saturated carbocycles. The molecule has 1 aromatic carbocycles. The van der Waals surface area contributed by atoms with E-state index in [1.165, 1.54) is 5.56 Å². The second kappa shape index (κ2) is 3.45. The molecule has 0 aliphatic carbocycles. The van der Waals surface area contributed by atoms with Crippen LogP contribution in [0, 0.1) is 0 Å². The van der Waals surface area contributed by atoms with Gasteiger partial charge in [0.1, 0.15) is 11.9 Å². The Morgan fingerprint density at radius 2 is 2.29 bits per heavy atom. The molecule has 1 aromatic rings. The van der Waals surface area contributed by atoms with E-state index in [4.69, 9.17) is 4.74 Å². The van der Waals surface area contributed by atoms with Crippen molar-refractivity contribution >= 4 is 5.78 Å². The summed E-state index contributed by atoms with van der Waals surface area (Å²) in [6, 6.07) is 5.87. The molecular formula is C12H14O2. The van der Waals surface area contributed by atoms with Gasteiger partial charge in [0.05, 0.1) is 5.56 Å². The zero-order valence-corrected chi connectivity index (χ0v) is 8.54. The van der Waals surface area contributed by atoms with Crippen LogP contribution in [-0.2, 0) is 6.42 Å². The number of Topliss-reactive ketones (excluding diaryl/α,β-unsaturated/α-hetero) is 1. The van der Waals surface area contributed by atoms with Crippen molar-refractivity contribution in [2.75, 3.05) is 0 Å². The standard InChI is InChI=1S/C12H14O2/c1-3-9-4-5-12-10(7-9)11(13)6-8(2)14-12/h4-5,7-8H,3,6H2,1-2H3/t8-/m1/s1. The van der Waals surface area contributed by atoms with E-state index >= 15 is 0 Å².